The molecule has 1 amide bonds. The van der Waals surface area contributed by atoms with Gasteiger partial charge in [0.2, 0.25) is 0 Å². The van der Waals surface area contributed by atoms with E-state index in [1.807, 2.05) is 54.6 Å². The second kappa shape index (κ2) is 8.08. The Morgan fingerprint density at radius 3 is 2.79 bits per heavy atom. The Labute approximate surface area is 174 Å². The molecule has 0 spiro atoms. The first-order valence-corrected chi connectivity index (χ1v) is 10.2. The molecular weight excluding hydrogens is 438 g/mol. The van der Waals surface area contributed by atoms with E-state index in [4.69, 9.17) is 9.72 Å². The Morgan fingerprint density at radius 2 is 2.04 bits per heavy atom. The molecule has 0 atom stereocenters. The number of anilines is 1. The van der Waals surface area contributed by atoms with Crippen molar-refractivity contribution in [2.75, 3.05) is 12.0 Å². The second-order valence-electron chi connectivity index (χ2n) is 6.05. The zero-order valence-corrected chi connectivity index (χ0v) is 17.4. The van der Waals surface area contributed by atoms with Crippen LogP contribution in [0.5, 0.6) is 5.75 Å². The SMILES string of the molecule is COc1ccc2sc(N(Cc3ccccn3)C(=O)c3cccc(Br)c3)nc2c1. The Hall–Kier alpha value is -2.77. The van der Waals surface area contributed by atoms with Crippen LogP contribution in [0.3, 0.4) is 0 Å². The second-order valence-corrected chi connectivity index (χ2v) is 7.98. The van der Waals surface area contributed by atoms with Crippen LogP contribution in [0.25, 0.3) is 10.2 Å². The van der Waals surface area contributed by atoms with Gasteiger partial charge >= 0.3 is 0 Å². The molecule has 7 heteroatoms. The number of carbonyl (C=O) groups excluding carboxylic acids is 1. The van der Waals surface area contributed by atoms with Gasteiger partial charge in [-0.15, -0.1) is 0 Å². The largest absolute Gasteiger partial charge is 0.497 e. The molecule has 5 nitrogen and oxygen atoms in total. The zero-order chi connectivity index (χ0) is 19.5. The third-order valence-corrected chi connectivity index (χ3v) is 5.73. The maximum Gasteiger partial charge on any atom is 0.260 e. The van der Waals surface area contributed by atoms with Crippen LogP contribution in [0.15, 0.2) is 71.3 Å². The van der Waals surface area contributed by atoms with Gasteiger partial charge in [0.25, 0.3) is 5.91 Å². The lowest BCUT2D eigenvalue weighted by Gasteiger charge is -2.19. The maximum absolute atomic E-state index is 13.3. The fourth-order valence-corrected chi connectivity index (χ4v) is 4.14. The smallest absolute Gasteiger partial charge is 0.260 e. The number of fused-ring (bicyclic) bond motifs is 1. The van der Waals surface area contributed by atoms with Crippen molar-refractivity contribution in [3.63, 3.8) is 0 Å². The van der Waals surface area contributed by atoms with Crippen molar-refractivity contribution >= 4 is 48.5 Å². The third kappa shape index (κ3) is 3.90. The van der Waals surface area contributed by atoms with Crippen LogP contribution in [0, 0.1) is 0 Å². The number of hydrogen-bond donors (Lipinski definition) is 0. The monoisotopic (exact) mass is 453 g/mol. The Balaban J connectivity index is 1.77. The number of pyridine rings is 1. The van der Waals surface area contributed by atoms with E-state index in [1.165, 1.54) is 11.3 Å². The summed E-state index contributed by atoms with van der Waals surface area (Å²) in [6.45, 7) is 0.336. The fourth-order valence-electron chi connectivity index (χ4n) is 2.79. The van der Waals surface area contributed by atoms with Crippen molar-refractivity contribution < 1.29 is 9.53 Å². The van der Waals surface area contributed by atoms with Gasteiger partial charge < -0.3 is 4.74 Å². The van der Waals surface area contributed by atoms with Crippen molar-refractivity contribution in [2.45, 2.75) is 6.54 Å². The molecule has 2 heterocycles. The predicted octanol–water partition coefficient (Wildman–Crippen LogP) is 5.31. The number of hydrogen-bond acceptors (Lipinski definition) is 5. The molecule has 0 N–H and O–H groups in total. The first-order chi connectivity index (χ1) is 13.6. The molecular formula is C21H16BrN3O2S. The number of ether oxygens (including phenoxy) is 1. The summed E-state index contributed by atoms with van der Waals surface area (Å²) < 4.78 is 7.13. The topological polar surface area (TPSA) is 55.3 Å². The van der Waals surface area contributed by atoms with Crippen LogP contribution in [0.4, 0.5) is 5.13 Å². The first kappa shape index (κ1) is 18.6. The van der Waals surface area contributed by atoms with Gasteiger partial charge in [0, 0.05) is 22.3 Å². The quantitative estimate of drug-likeness (QED) is 0.410. The van der Waals surface area contributed by atoms with Crippen molar-refractivity contribution in [1.82, 2.24) is 9.97 Å². The van der Waals surface area contributed by atoms with Crippen molar-refractivity contribution in [3.05, 3.63) is 82.6 Å². The van der Waals surface area contributed by atoms with Crippen LogP contribution in [0.2, 0.25) is 0 Å². The van der Waals surface area contributed by atoms with Crippen LogP contribution >= 0.6 is 27.3 Å². The van der Waals surface area contributed by atoms with E-state index in [-0.39, 0.29) is 5.91 Å². The molecule has 4 rings (SSSR count). The molecule has 140 valence electrons. The molecule has 4 aromatic rings. The third-order valence-electron chi connectivity index (χ3n) is 4.18. The minimum absolute atomic E-state index is 0.127. The summed E-state index contributed by atoms with van der Waals surface area (Å²) in [5.74, 6) is 0.608. The van der Waals surface area contributed by atoms with Gasteiger partial charge in [0.05, 0.1) is 29.6 Å². The van der Waals surface area contributed by atoms with Crippen molar-refractivity contribution in [2.24, 2.45) is 0 Å². The summed E-state index contributed by atoms with van der Waals surface area (Å²) in [6, 6.07) is 18.7. The fraction of sp³-hybridized carbons (Fsp3) is 0.0952. The van der Waals surface area contributed by atoms with Crippen LogP contribution in [-0.2, 0) is 6.54 Å². The van der Waals surface area contributed by atoms with Gasteiger partial charge in [-0.3, -0.25) is 14.7 Å². The van der Waals surface area contributed by atoms with E-state index in [0.29, 0.717) is 17.2 Å². The lowest BCUT2D eigenvalue weighted by molar-refractivity contribution is 0.0984. The number of aromatic nitrogens is 2. The highest BCUT2D eigenvalue weighted by molar-refractivity contribution is 9.10. The molecule has 0 bridgehead atoms. The number of methoxy groups -OCH3 is 1. The van der Waals surface area contributed by atoms with E-state index in [2.05, 4.69) is 20.9 Å². The van der Waals surface area contributed by atoms with Gasteiger partial charge in [0.15, 0.2) is 5.13 Å². The van der Waals surface area contributed by atoms with Gasteiger partial charge in [-0.05, 0) is 42.5 Å². The zero-order valence-electron chi connectivity index (χ0n) is 15.0. The number of amides is 1. The summed E-state index contributed by atoms with van der Waals surface area (Å²) in [5, 5.41) is 0.624. The highest BCUT2D eigenvalue weighted by Gasteiger charge is 2.22. The molecule has 0 unspecified atom stereocenters. The van der Waals surface area contributed by atoms with Crippen LogP contribution in [-0.4, -0.2) is 23.0 Å². The summed E-state index contributed by atoms with van der Waals surface area (Å²) in [6.07, 6.45) is 1.72. The molecule has 0 radical (unpaired) electrons. The van der Waals surface area contributed by atoms with Gasteiger partial charge in [-0.25, -0.2) is 4.98 Å². The predicted molar refractivity (Wildman–Crippen MR) is 115 cm³/mol. The summed E-state index contributed by atoms with van der Waals surface area (Å²) in [4.78, 5) is 24.1. The van der Waals surface area contributed by atoms with Crippen molar-refractivity contribution in [3.8, 4) is 5.75 Å². The standard InChI is InChI=1S/C21H16BrN3O2S/c1-27-17-8-9-19-18(12-17)24-21(28-19)25(13-16-7-2-3-10-23-16)20(26)14-5-4-6-15(22)11-14/h2-12H,13H2,1H3. The highest BCUT2D eigenvalue weighted by Crippen LogP contribution is 2.32. The first-order valence-electron chi connectivity index (χ1n) is 8.56. The Kier molecular flexibility index (Phi) is 5.36. The number of rotatable bonds is 5. The maximum atomic E-state index is 13.3. The number of carbonyl (C=O) groups is 1. The molecule has 0 aliphatic carbocycles. The molecule has 0 saturated carbocycles. The van der Waals surface area contributed by atoms with E-state index < -0.39 is 0 Å². The molecule has 0 aliphatic heterocycles. The lowest BCUT2D eigenvalue weighted by atomic mass is 10.2. The van der Waals surface area contributed by atoms with Crippen LogP contribution in [0.1, 0.15) is 16.1 Å². The molecule has 0 aliphatic rings. The number of nitrogens with zero attached hydrogens (tertiary/aromatic N) is 3. The number of halogens is 1. The van der Waals surface area contributed by atoms with E-state index in [1.54, 1.807) is 24.3 Å². The van der Waals surface area contributed by atoms with Gasteiger partial charge in [-0.2, -0.15) is 0 Å². The summed E-state index contributed by atoms with van der Waals surface area (Å²) >= 11 is 4.91. The highest BCUT2D eigenvalue weighted by atomic mass is 79.9. The van der Waals surface area contributed by atoms with Gasteiger partial charge in [0.1, 0.15) is 5.75 Å². The Bertz CT molecular complexity index is 1130. The van der Waals surface area contributed by atoms with Crippen LogP contribution < -0.4 is 9.64 Å². The molecule has 2 aromatic heterocycles. The minimum atomic E-state index is -0.127. The number of benzene rings is 2. The lowest BCUT2D eigenvalue weighted by Crippen LogP contribution is -2.30. The number of thiazole rings is 1. The van der Waals surface area contributed by atoms with Crippen molar-refractivity contribution in [1.29, 1.82) is 0 Å². The van der Waals surface area contributed by atoms with E-state index in [0.717, 1.165) is 26.1 Å². The molecule has 0 saturated heterocycles. The molecule has 28 heavy (non-hydrogen) atoms. The summed E-state index contributed by atoms with van der Waals surface area (Å²) in [5.41, 5.74) is 2.18. The van der Waals surface area contributed by atoms with E-state index in [9.17, 15) is 4.79 Å². The Morgan fingerprint density at radius 1 is 1.14 bits per heavy atom. The average molecular weight is 454 g/mol. The normalized spacial score (nSPS) is 10.8. The molecule has 2 aromatic carbocycles. The minimum Gasteiger partial charge on any atom is -0.497 e. The molecule has 0 fully saturated rings. The average Bonchev–Trinajstić information content (AvgIpc) is 3.15. The summed E-state index contributed by atoms with van der Waals surface area (Å²) in [7, 11) is 1.62. The van der Waals surface area contributed by atoms with E-state index >= 15 is 0 Å². The van der Waals surface area contributed by atoms with Gasteiger partial charge in [-0.1, -0.05) is 39.4 Å².